The molecule has 2 rings (SSSR count). The first-order valence-electron chi connectivity index (χ1n) is 3.08. The van der Waals surface area contributed by atoms with Gasteiger partial charge in [0.25, 0.3) is 0 Å². The van der Waals surface area contributed by atoms with Crippen LogP contribution in [-0.4, -0.2) is 10.2 Å². The van der Waals surface area contributed by atoms with Crippen LogP contribution >= 0.6 is 34.3 Å². The smallest absolute Gasteiger partial charge is 0.203 e. The quantitative estimate of drug-likeness (QED) is 0.799. The summed E-state index contributed by atoms with van der Waals surface area (Å²) in [5, 5.41) is 13.3. The Hall–Kier alpha value is -0.650. The minimum Gasteiger partial charge on any atom is -0.374 e. The molecule has 12 heavy (non-hydrogen) atoms. The fourth-order valence-corrected chi connectivity index (χ4v) is 2.60. The van der Waals surface area contributed by atoms with E-state index in [4.69, 9.17) is 17.3 Å². The number of nitrogens with zero attached hydrogens (tertiary/aromatic N) is 2. The first-order valence-corrected chi connectivity index (χ1v) is 5.22. The summed E-state index contributed by atoms with van der Waals surface area (Å²) in [5.41, 5.74) is 6.35. The van der Waals surface area contributed by atoms with Crippen LogP contribution in [0.3, 0.4) is 0 Å². The summed E-state index contributed by atoms with van der Waals surface area (Å²) in [6.45, 7) is 0. The highest BCUT2D eigenvalue weighted by atomic mass is 35.5. The lowest BCUT2D eigenvalue weighted by Crippen LogP contribution is -1.79. The van der Waals surface area contributed by atoms with E-state index in [1.54, 1.807) is 0 Å². The Kier molecular flexibility index (Phi) is 2.00. The van der Waals surface area contributed by atoms with Gasteiger partial charge in [-0.2, -0.15) is 11.3 Å². The van der Waals surface area contributed by atoms with E-state index < -0.39 is 0 Å². The number of thiophene rings is 1. The van der Waals surface area contributed by atoms with Crippen LogP contribution in [0.4, 0.5) is 5.13 Å². The Morgan fingerprint density at radius 3 is 2.67 bits per heavy atom. The summed E-state index contributed by atoms with van der Waals surface area (Å²) >= 11 is 8.77. The third-order valence-electron chi connectivity index (χ3n) is 1.29. The molecular formula is C6H4ClN3S2. The van der Waals surface area contributed by atoms with Gasteiger partial charge in [0.15, 0.2) is 5.01 Å². The van der Waals surface area contributed by atoms with Crippen LogP contribution in [0.15, 0.2) is 10.8 Å². The van der Waals surface area contributed by atoms with Crippen molar-refractivity contribution in [1.29, 1.82) is 0 Å². The van der Waals surface area contributed by atoms with E-state index in [9.17, 15) is 0 Å². The van der Waals surface area contributed by atoms with Crippen LogP contribution in [0.25, 0.3) is 10.6 Å². The van der Waals surface area contributed by atoms with E-state index in [-0.39, 0.29) is 0 Å². The van der Waals surface area contributed by atoms with Crippen LogP contribution in [0.1, 0.15) is 0 Å². The van der Waals surface area contributed by atoms with Crippen molar-refractivity contribution in [3.63, 3.8) is 0 Å². The van der Waals surface area contributed by atoms with E-state index in [0.717, 1.165) is 10.6 Å². The highest BCUT2D eigenvalue weighted by molar-refractivity contribution is 7.18. The SMILES string of the molecule is Nc1nnc(-c2cscc2Cl)s1. The number of nitrogen functional groups attached to an aromatic ring is 1. The molecule has 0 unspecified atom stereocenters. The molecule has 0 bridgehead atoms. The van der Waals surface area contributed by atoms with Crippen LogP contribution in [0.5, 0.6) is 0 Å². The lowest BCUT2D eigenvalue weighted by atomic mass is 10.4. The van der Waals surface area contributed by atoms with Gasteiger partial charge in [0.2, 0.25) is 5.13 Å². The summed E-state index contributed by atoms with van der Waals surface area (Å²) in [7, 11) is 0. The lowest BCUT2D eigenvalue weighted by molar-refractivity contribution is 1.10. The molecule has 2 heterocycles. The molecule has 0 atom stereocenters. The number of rotatable bonds is 1. The number of anilines is 1. The second-order valence-corrected chi connectivity index (χ2v) is 4.24. The molecule has 0 aliphatic carbocycles. The molecule has 2 aromatic heterocycles. The zero-order chi connectivity index (χ0) is 8.55. The number of hydrogen-bond donors (Lipinski definition) is 1. The number of hydrogen-bond acceptors (Lipinski definition) is 5. The van der Waals surface area contributed by atoms with Crippen molar-refractivity contribution >= 4 is 39.4 Å². The Bertz CT molecular complexity index is 395. The summed E-state index contributed by atoms with van der Waals surface area (Å²) in [6, 6.07) is 0. The largest absolute Gasteiger partial charge is 0.374 e. The monoisotopic (exact) mass is 217 g/mol. The van der Waals surface area contributed by atoms with E-state index in [1.165, 1.54) is 22.7 Å². The maximum atomic E-state index is 5.89. The molecular weight excluding hydrogens is 214 g/mol. The van der Waals surface area contributed by atoms with Crippen molar-refractivity contribution in [2.45, 2.75) is 0 Å². The van der Waals surface area contributed by atoms with E-state index in [0.29, 0.717) is 10.2 Å². The van der Waals surface area contributed by atoms with Crippen molar-refractivity contribution in [2.24, 2.45) is 0 Å². The minimum absolute atomic E-state index is 0.465. The van der Waals surface area contributed by atoms with E-state index >= 15 is 0 Å². The van der Waals surface area contributed by atoms with Crippen molar-refractivity contribution in [3.05, 3.63) is 15.8 Å². The fourth-order valence-electron chi connectivity index (χ4n) is 0.778. The normalized spacial score (nSPS) is 10.4. The van der Waals surface area contributed by atoms with Gasteiger partial charge < -0.3 is 5.73 Å². The second-order valence-electron chi connectivity index (χ2n) is 2.08. The standard InChI is InChI=1S/C6H4ClN3S2/c7-4-2-11-1-3(4)5-9-10-6(8)12-5/h1-2H,(H2,8,10). The molecule has 62 valence electrons. The number of aromatic nitrogens is 2. The Morgan fingerprint density at radius 1 is 1.33 bits per heavy atom. The van der Waals surface area contributed by atoms with Gasteiger partial charge in [0, 0.05) is 16.3 Å². The van der Waals surface area contributed by atoms with Gasteiger partial charge in [-0.25, -0.2) is 0 Å². The molecule has 0 fully saturated rings. The molecule has 0 aliphatic heterocycles. The maximum absolute atomic E-state index is 5.89. The first kappa shape index (κ1) is 7.97. The predicted octanol–water partition coefficient (Wildman–Crippen LogP) is 2.50. The summed E-state index contributed by atoms with van der Waals surface area (Å²) in [4.78, 5) is 0. The van der Waals surface area contributed by atoms with Gasteiger partial charge in [-0.05, 0) is 0 Å². The average molecular weight is 218 g/mol. The van der Waals surface area contributed by atoms with Gasteiger partial charge in [-0.15, -0.1) is 10.2 Å². The third kappa shape index (κ3) is 1.31. The highest BCUT2D eigenvalue weighted by Gasteiger charge is 2.08. The van der Waals surface area contributed by atoms with Crippen LogP contribution in [0, 0.1) is 0 Å². The highest BCUT2D eigenvalue weighted by Crippen LogP contribution is 2.33. The van der Waals surface area contributed by atoms with Crippen molar-refractivity contribution in [2.75, 3.05) is 5.73 Å². The van der Waals surface area contributed by atoms with Gasteiger partial charge in [-0.1, -0.05) is 22.9 Å². The maximum Gasteiger partial charge on any atom is 0.203 e. The topological polar surface area (TPSA) is 51.8 Å². The molecule has 0 saturated carbocycles. The number of nitrogens with two attached hydrogens (primary N) is 1. The molecule has 0 radical (unpaired) electrons. The molecule has 6 heteroatoms. The van der Waals surface area contributed by atoms with E-state index in [1.807, 2.05) is 10.8 Å². The zero-order valence-electron chi connectivity index (χ0n) is 5.82. The fraction of sp³-hybridized carbons (Fsp3) is 0. The average Bonchev–Trinajstić information content (AvgIpc) is 2.58. The molecule has 0 saturated heterocycles. The molecule has 2 N–H and O–H groups in total. The van der Waals surface area contributed by atoms with Crippen LogP contribution in [-0.2, 0) is 0 Å². The third-order valence-corrected chi connectivity index (χ3v) is 3.26. The lowest BCUT2D eigenvalue weighted by Gasteiger charge is -1.87. The Morgan fingerprint density at radius 2 is 2.17 bits per heavy atom. The Balaban J connectivity index is 2.50. The van der Waals surface area contributed by atoms with Gasteiger partial charge >= 0.3 is 0 Å². The molecule has 0 aromatic carbocycles. The van der Waals surface area contributed by atoms with Gasteiger partial charge in [0.1, 0.15) is 0 Å². The van der Waals surface area contributed by atoms with Crippen LogP contribution < -0.4 is 5.73 Å². The summed E-state index contributed by atoms with van der Waals surface area (Å²) in [5.74, 6) is 0. The summed E-state index contributed by atoms with van der Waals surface area (Å²) in [6.07, 6.45) is 0. The zero-order valence-corrected chi connectivity index (χ0v) is 8.21. The second kappa shape index (κ2) is 3.01. The summed E-state index contributed by atoms with van der Waals surface area (Å²) < 4.78 is 0. The molecule has 0 spiro atoms. The van der Waals surface area contributed by atoms with Crippen molar-refractivity contribution < 1.29 is 0 Å². The molecule has 0 aliphatic rings. The molecule has 3 nitrogen and oxygen atoms in total. The van der Waals surface area contributed by atoms with Gasteiger partial charge in [-0.3, -0.25) is 0 Å². The van der Waals surface area contributed by atoms with Crippen LogP contribution in [0.2, 0.25) is 5.02 Å². The predicted molar refractivity (Wildman–Crippen MR) is 52.6 cm³/mol. The Labute approximate surface area is 81.8 Å². The first-order chi connectivity index (χ1) is 5.77. The molecule has 0 amide bonds. The number of halogens is 1. The molecule has 2 aromatic rings. The van der Waals surface area contributed by atoms with Gasteiger partial charge in [0.05, 0.1) is 5.02 Å². The van der Waals surface area contributed by atoms with E-state index in [2.05, 4.69) is 10.2 Å². The minimum atomic E-state index is 0.465. The van der Waals surface area contributed by atoms with Crippen molar-refractivity contribution in [3.8, 4) is 10.6 Å². The van der Waals surface area contributed by atoms with Crippen molar-refractivity contribution in [1.82, 2.24) is 10.2 Å².